The minimum atomic E-state index is 0.904. The minimum absolute atomic E-state index is 0.904. The van der Waals surface area contributed by atoms with Gasteiger partial charge in [0.1, 0.15) is 0 Å². The summed E-state index contributed by atoms with van der Waals surface area (Å²) in [6.45, 7) is 0. The molecular formula is C72H44N2. The maximum atomic E-state index is 5.51. The zero-order valence-corrected chi connectivity index (χ0v) is 40.3. The standard InChI is InChI=1S/C72H44N2/c1-2-16-48(17-3-1)65-40-37-50-32-33-51-38-41-66(74-72(51)71(50)73-65)70-61-24-12-10-22-59(61)67(60-23-11-13-25-62(60)70)49-30-26-47(27-31-49)54-36-39-63-64(44-54)69(56-35-29-46-15-5-7-19-53(46)43-56)58-21-9-8-20-57(58)68(63)55-34-28-45-14-4-6-18-52(45)42-55/h1-44H. The minimum Gasteiger partial charge on any atom is -0.245 e. The molecule has 0 bridgehead atoms. The number of rotatable bonds is 6. The molecule has 0 aliphatic carbocycles. The first-order valence-electron chi connectivity index (χ1n) is 25.5. The summed E-state index contributed by atoms with van der Waals surface area (Å²) in [5, 5.41) is 16.8. The number of fused-ring (bicyclic) bond motifs is 9. The molecule has 15 aromatic rings. The summed E-state index contributed by atoms with van der Waals surface area (Å²) in [5.74, 6) is 0. The predicted octanol–water partition coefficient (Wildman–Crippen LogP) is 19.7. The van der Waals surface area contributed by atoms with Crippen molar-refractivity contribution in [3.63, 3.8) is 0 Å². The van der Waals surface area contributed by atoms with Crippen LogP contribution in [0.5, 0.6) is 0 Å². The molecule has 0 unspecified atom stereocenters. The molecule has 74 heavy (non-hydrogen) atoms. The Balaban J connectivity index is 0.891. The Morgan fingerprint density at radius 1 is 0.176 bits per heavy atom. The SMILES string of the molecule is c1ccc(-c2ccc3ccc4ccc(-c5c6ccccc6c(-c6ccc(-c7ccc8c(-c9ccc%10ccccc%10c9)c9ccccc9c(-c9ccc%10ccccc%10c9)c8c7)cc6)c6ccccc56)nc4c3n2)cc1. The summed E-state index contributed by atoms with van der Waals surface area (Å²) in [6, 6.07) is 97.6. The summed E-state index contributed by atoms with van der Waals surface area (Å²) >= 11 is 0. The van der Waals surface area contributed by atoms with Gasteiger partial charge in [-0.2, -0.15) is 0 Å². The predicted molar refractivity (Wildman–Crippen MR) is 315 cm³/mol. The first kappa shape index (κ1) is 42.0. The third kappa shape index (κ3) is 6.80. The first-order chi connectivity index (χ1) is 36.7. The summed E-state index contributed by atoms with van der Waals surface area (Å²) in [6.07, 6.45) is 0. The van der Waals surface area contributed by atoms with Crippen LogP contribution in [0.2, 0.25) is 0 Å². The normalized spacial score (nSPS) is 11.8. The second-order valence-electron chi connectivity index (χ2n) is 19.6. The van der Waals surface area contributed by atoms with Gasteiger partial charge in [0.2, 0.25) is 0 Å². The van der Waals surface area contributed by atoms with Crippen LogP contribution in [-0.4, -0.2) is 9.97 Å². The second-order valence-corrected chi connectivity index (χ2v) is 19.6. The molecule has 0 amide bonds. The van der Waals surface area contributed by atoms with Gasteiger partial charge < -0.3 is 0 Å². The molecule has 0 aliphatic heterocycles. The fraction of sp³-hybridized carbons (Fsp3) is 0. The van der Waals surface area contributed by atoms with Crippen molar-refractivity contribution in [3.05, 3.63) is 267 Å². The highest BCUT2D eigenvalue weighted by Gasteiger charge is 2.21. The summed E-state index contributed by atoms with van der Waals surface area (Å²) in [7, 11) is 0. The highest BCUT2D eigenvalue weighted by molar-refractivity contribution is 6.24. The van der Waals surface area contributed by atoms with Crippen molar-refractivity contribution in [2.45, 2.75) is 0 Å². The zero-order valence-electron chi connectivity index (χ0n) is 40.3. The number of nitrogens with zero attached hydrogens (tertiary/aromatic N) is 2. The molecule has 0 radical (unpaired) electrons. The van der Waals surface area contributed by atoms with E-state index in [1.807, 2.05) is 6.07 Å². The molecule has 13 aromatic carbocycles. The fourth-order valence-electron chi connectivity index (χ4n) is 11.9. The van der Waals surface area contributed by atoms with Gasteiger partial charge in [0.25, 0.3) is 0 Å². The Hall–Kier alpha value is -9.76. The van der Waals surface area contributed by atoms with Gasteiger partial charge in [-0.3, -0.25) is 0 Å². The fourth-order valence-corrected chi connectivity index (χ4v) is 11.9. The van der Waals surface area contributed by atoms with Gasteiger partial charge in [0, 0.05) is 21.9 Å². The van der Waals surface area contributed by atoms with Crippen LogP contribution in [-0.2, 0) is 0 Å². The Morgan fingerprint density at radius 3 is 1.09 bits per heavy atom. The number of aromatic nitrogens is 2. The van der Waals surface area contributed by atoms with Crippen LogP contribution in [0.4, 0.5) is 0 Å². The lowest BCUT2D eigenvalue weighted by atomic mass is 9.84. The largest absolute Gasteiger partial charge is 0.245 e. The molecule has 0 saturated heterocycles. The van der Waals surface area contributed by atoms with Gasteiger partial charge in [0.15, 0.2) is 0 Å². The van der Waals surface area contributed by atoms with Crippen molar-refractivity contribution >= 4 is 86.4 Å². The van der Waals surface area contributed by atoms with Crippen LogP contribution in [0, 0.1) is 0 Å². The van der Waals surface area contributed by atoms with E-state index in [9.17, 15) is 0 Å². The summed E-state index contributed by atoms with van der Waals surface area (Å²) in [4.78, 5) is 10.7. The lowest BCUT2D eigenvalue weighted by molar-refractivity contribution is 1.37. The quantitative estimate of drug-likeness (QED) is 0.123. The van der Waals surface area contributed by atoms with Gasteiger partial charge in [-0.05, 0) is 139 Å². The highest BCUT2D eigenvalue weighted by Crippen LogP contribution is 2.47. The third-order valence-corrected chi connectivity index (χ3v) is 15.4. The van der Waals surface area contributed by atoms with Gasteiger partial charge >= 0.3 is 0 Å². The second kappa shape index (κ2) is 16.9. The van der Waals surface area contributed by atoms with E-state index < -0.39 is 0 Å². The van der Waals surface area contributed by atoms with Crippen molar-refractivity contribution in [1.82, 2.24) is 9.97 Å². The lowest BCUT2D eigenvalue weighted by Gasteiger charge is -2.19. The Kier molecular flexibility index (Phi) is 9.61. The highest BCUT2D eigenvalue weighted by atomic mass is 14.8. The van der Waals surface area contributed by atoms with Crippen molar-refractivity contribution in [2.24, 2.45) is 0 Å². The number of hydrogen-bond acceptors (Lipinski definition) is 2. The van der Waals surface area contributed by atoms with Crippen LogP contribution >= 0.6 is 0 Å². The Morgan fingerprint density at radius 2 is 0.541 bits per heavy atom. The summed E-state index contributed by atoms with van der Waals surface area (Å²) < 4.78 is 0. The maximum absolute atomic E-state index is 5.51. The molecular weight excluding hydrogens is 893 g/mol. The van der Waals surface area contributed by atoms with E-state index >= 15 is 0 Å². The number of hydrogen-bond donors (Lipinski definition) is 0. The van der Waals surface area contributed by atoms with Gasteiger partial charge in [0.05, 0.1) is 22.4 Å². The van der Waals surface area contributed by atoms with Crippen molar-refractivity contribution in [2.75, 3.05) is 0 Å². The third-order valence-electron chi connectivity index (χ3n) is 15.4. The van der Waals surface area contributed by atoms with E-state index in [-0.39, 0.29) is 0 Å². The molecule has 2 heteroatoms. The molecule has 2 nitrogen and oxygen atoms in total. The van der Waals surface area contributed by atoms with Crippen LogP contribution in [0.25, 0.3) is 153 Å². The molecule has 0 atom stereocenters. The van der Waals surface area contributed by atoms with Crippen molar-refractivity contribution < 1.29 is 0 Å². The molecule has 15 rings (SSSR count). The van der Waals surface area contributed by atoms with E-state index in [2.05, 4.69) is 261 Å². The van der Waals surface area contributed by atoms with Gasteiger partial charge in [-0.1, -0.05) is 237 Å². The van der Waals surface area contributed by atoms with E-state index in [1.54, 1.807) is 0 Å². The topological polar surface area (TPSA) is 25.8 Å². The van der Waals surface area contributed by atoms with E-state index in [0.29, 0.717) is 0 Å². The molecule has 0 saturated carbocycles. The van der Waals surface area contributed by atoms with E-state index in [4.69, 9.17) is 9.97 Å². The molecule has 0 spiro atoms. The van der Waals surface area contributed by atoms with E-state index in [0.717, 1.165) is 44.3 Å². The molecule has 2 heterocycles. The van der Waals surface area contributed by atoms with Crippen molar-refractivity contribution in [1.29, 1.82) is 0 Å². The van der Waals surface area contributed by atoms with Crippen LogP contribution in [0.15, 0.2) is 267 Å². The number of benzene rings is 13. The van der Waals surface area contributed by atoms with Gasteiger partial charge in [-0.25, -0.2) is 9.97 Å². The van der Waals surface area contributed by atoms with Crippen LogP contribution in [0.3, 0.4) is 0 Å². The van der Waals surface area contributed by atoms with Crippen molar-refractivity contribution in [3.8, 4) is 67.0 Å². The smallest absolute Gasteiger partial charge is 0.0972 e. The van der Waals surface area contributed by atoms with Crippen LogP contribution < -0.4 is 0 Å². The number of pyridine rings is 2. The van der Waals surface area contributed by atoms with Crippen LogP contribution in [0.1, 0.15) is 0 Å². The van der Waals surface area contributed by atoms with Gasteiger partial charge in [-0.15, -0.1) is 0 Å². The van der Waals surface area contributed by atoms with E-state index in [1.165, 1.54) is 109 Å². The Labute approximate surface area is 428 Å². The molecule has 2 aromatic heterocycles. The zero-order chi connectivity index (χ0) is 48.7. The monoisotopic (exact) mass is 936 g/mol. The average Bonchev–Trinajstić information content (AvgIpc) is 3.47. The lowest BCUT2D eigenvalue weighted by Crippen LogP contribution is -1.94. The molecule has 0 N–H and O–H groups in total. The molecule has 342 valence electrons. The molecule has 0 aliphatic rings. The first-order valence-corrected chi connectivity index (χ1v) is 25.5. The molecule has 0 fully saturated rings. The maximum Gasteiger partial charge on any atom is 0.0972 e. The summed E-state index contributed by atoms with van der Waals surface area (Å²) in [5.41, 5.74) is 15.6. The Bertz CT molecular complexity index is 4710. The average molecular weight is 937 g/mol.